The highest BCUT2D eigenvalue weighted by Crippen LogP contribution is 2.70. The van der Waals surface area contributed by atoms with Crippen LogP contribution in [0.3, 0.4) is 0 Å². The molecule has 4 aliphatic carbocycles. The van der Waals surface area contributed by atoms with E-state index in [1.54, 1.807) is 0 Å². The molecule has 0 aromatic carbocycles. The van der Waals surface area contributed by atoms with Crippen molar-refractivity contribution in [1.82, 2.24) is 0 Å². The number of carbonyl (C=O) groups is 1. The molecule has 0 aromatic rings. The molecule has 0 spiro atoms. The average molecular weight is 488 g/mol. The summed E-state index contributed by atoms with van der Waals surface area (Å²) in [5, 5.41) is 16.1. The van der Waals surface area contributed by atoms with Gasteiger partial charge in [-0.25, -0.2) is 0 Å². The van der Waals surface area contributed by atoms with Gasteiger partial charge in [0.15, 0.2) is 0 Å². The summed E-state index contributed by atoms with van der Waals surface area (Å²) in [6.45, 7) is 13.4. The van der Waals surface area contributed by atoms with E-state index in [-0.39, 0.29) is 17.5 Å². The molecule has 4 aliphatic rings. The van der Waals surface area contributed by atoms with Crippen LogP contribution in [0.15, 0.2) is 5.11 Å². The topological polar surface area (TPSA) is 95.3 Å². The quantitative estimate of drug-likeness (QED) is 0.175. The molecule has 6 heteroatoms. The van der Waals surface area contributed by atoms with Crippen LogP contribution in [0.2, 0.25) is 0 Å². The van der Waals surface area contributed by atoms with Gasteiger partial charge in [0.25, 0.3) is 0 Å². The van der Waals surface area contributed by atoms with Gasteiger partial charge in [-0.15, -0.1) is 0 Å². The van der Waals surface area contributed by atoms with Gasteiger partial charge in [0.05, 0.1) is 11.6 Å². The predicted octanol–water partition coefficient (Wildman–Crippen LogP) is 7.44. The zero-order valence-electron chi connectivity index (χ0n) is 23.0. The highest BCUT2D eigenvalue weighted by atomic mass is 16.5. The minimum absolute atomic E-state index is 0.263. The third-order valence-electron chi connectivity index (χ3n) is 11.6. The number of ether oxygens (including phenoxy) is 1. The smallest absolute Gasteiger partial charge is 0.302 e. The minimum Gasteiger partial charge on any atom is -0.463 e. The summed E-state index contributed by atoms with van der Waals surface area (Å²) in [5.41, 5.74) is 8.77. The van der Waals surface area contributed by atoms with Gasteiger partial charge < -0.3 is 9.84 Å². The van der Waals surface area contributed by atoms with Crippen molar-refractivity contribution in [2.24, 2.45) is 51.5 Å². The van der Waals surface area contributed by atoms with Gasteiger partial charge in [0, 0.05) is 11.8 Å². The molecule has 6 nitrogen and oxygen atoms in total. The largest absolute Gasteiger partial charge is 0.463 e. The molecule has 0 heterocycles. The van der Waals surface area contributed by atoms with Crippen LogP contribution >= 0.6 is 0 Å². The fourth-order valence-electron chi connectivity index (χ4n) is 9.90. The van der Waals surface area contributed by atoms with Gasteiger partial charge in [-0.2, -0.15) is 0 Å². The van der Waals surface area contributed by atoms with Crippen LogP contribution in [0, 0.1) is 46.3 Å². The minimum atomic E-state index is -0.892. The molecule has 0 aromatic heterocycles. The van der Waals surface area contributed by atoms with E-state index in [1.807, 2.05) is 0 Å². The number of fused-ring (bicyclic) bond motifs is 5. The van der Waals surface area contributed by atoms with E-state index in [9.17, 15) is 15.4 Å². The number of aliphatic hydroxyl groups excluding tert-OH is 1. The standard InChI is InChI=1S/C29H49N3O3/c1-18(2)8-7-9-19(3)23-10-11-24-22-16-26(34)29(31-32-30)17-21(35-20(4)33)12-15-28(29,6)25(22)13-14-27(23,24)5/h18-19,21-26,34H,7-17H2,1-6H3/t19?,21-,22-,23+,24-,25-,26+,27+,28+,29-/m0/s1. The molecule has 0 radical (unpaired) electrons. The van der Waals surface area contributed by atoms with Gasteiger partial charge in [-0.1, -0.05) is 59.0 Å². The number of azide groups is 1. The number of aliphatic hydroxyl groups is 1. The molecule has 4 fully saturated rings. The van der Waals surface area contributed by atoms with Crippen molar-refractivity contribution in [1.29, 1.82) is 0 Å². The summed E-state index contributed by atoms with van der Waals surface area (Å²) < 4.78 is 5.58. The second-order valence-corrected chi connectivity index (χ2v) is 13.7. The third-order valence-corrected chi connectivity index (χ3v) is 11.6. The lowest BCUT2D eigenvalue weighted by atomic mass is 9.41. The molecule has 1 N–H and O–H groups in total. The lowest BCUT2D eigenvalue weighted by molar-refractivity contribution is -0.192. The predicted molar refractivity (Wildman–Crippen MR) is 138 cm³/mol. The Labute approximate surface area is 212 Å². The number of carbonyl (C=O) groups excluding carboxylic acids is 1. The van der Waals surface area contributed by atoms with Crippen LogP contribution in [0.25, 0.3) is 10.4 Å². The molecule has 10 atom stereocenters. The van der Waals surface area contributed by atoms with Crippen LogP contribution in [0.4, 0.5) is 0 Å². The van der Waals surface area contributed by atoms with Gasteiger partial charge in [0.1, 0.15) is 6.10 Å². The molecular weight excluding hydrogens is 438 g/mol. The van der Waals surface area contributed by atoms with E-state index in [0.717, 1.165) is 37.0 Å². The van der Waals surface area contributed by atoms with Gasteiger partial charge in [0.2, 0.25) is 0 Å². The van der Waals surface area contributed by atoms with Crippen molar-refractivity contribution < 1.29 is 14.6 Å². The first-order valence-corrected chi connectivity index (χ1v) is 14.4. The van der Waals surface area contributed by atoms with Gasteiger partial charge in [-0.05, 0) is 103 Å². The zero-order valence-corrected chi connectivity index (χ0v) is 23.0. The van der Waals surface area contributed by atoms with Crippen molar-refractivity contribution in [3.8, 4) is 0 Å². The zero-order chi connectivity index (χ0) is 25.6. The van der Waals surface area contributed by atoms with Crippen molar-refractivity contribution in [2.75, 3.05) is 0 Å². The first-order valence-electron chi connectivity index (χ1n) is 14.4. The Kier molecular flexibility index (Phi) is 7.57. The van der Waals surface area contributed by atoms with Crippen LogP contribution in [-0.2, 0) is 9.53 Å². The molecule has 4 saturated carbocycles. The first kappa shape index (κ1) is 26.8. The van der Waals surface area contributed by atoms with E-state index >= 15 is 0 Å². The van der Waals surface area contributed by atoms with Crippen molar-refractivity contribution in [2.45, 2.75) is 130 Å². The molecule has 4 rings (SSSR count). The van der Waals surface area contributed by atoms with Crippen LogP contribution < -0.4 is 0 Å². The molecule has 35 heavy (non-hydrogen) atoms. The van der Waals surface area contributed by atoms with E-state index in [1.165, 1.54) is 45.4 Å². The maximum Gasteiger partial charge on any atom is 0.302 e. The summed E-state index contributed by atoms with van der Waals surface area (Å²) in [4.78, 5) is 14.9. The summed E-state index contributed by atoms with van der Waals surface area (Å²) in [6, 6.07) is 0. The molecule has 1 unspecified atom stereocenters. The monoisotopic (exact) mass is 487 g/mol. The number of nitrogens with zero attached hydrogens (tertiary/aromatic N) is 3. The van der Waals surface area contributed by atoms with Crippen LogP contribution in [0.1, 0.15) is 112 Å². The third kappa shape index (κ3) is 4.41. The van der Waals surface area contributed by atoms with Crippen molar-refractivity contribution in [3.63, 3.8) is 0 Å². The fraction of sp³-hybridized carbons (Fsp3) is 0.966. The molecule has 0 saturated heterocycles. The molecular formula is C29H49N3O3. The average Bonchev–Trinajstić information content (AvgIpc) is 3.12. The Morgan fingerprint density at radius 2 is 1.86 bits per heavy atom. The van der Waals surface area contributed by atoms with Gasteiger partial charge in [-0.3, -0.25) is 4.79 Å². The lowest BCUT2D eigenvalue weighted by Gasteiger charge is -2.66. The Balaban J connectivity index is 1.58. The van der Waals surface area contributed by atoms with E-state index in [4.69, 9.17) is 4.74 Å². The summed E-state index contributed by atoms with van der Waals surface area (Å²) >= 11 is 0. The normalized spacial score (nSPS) is 45.6. The Morgan fingerprint density at radius 3 is 2.51 bits per heavy atom. The highest BCUT2D eigenvalue weighted by molar-refractivity contribution is 5.66. The van der Waals surface area contributed by atoms with Crippen LogP contribution in [-0.4, -0.2) is 28.8 Å². The number of rotatable bonds is 7. The van der Waals surface area contributed by atoms with Crippen molar-refractivity contribution >= 4 is 5.97 Å². The van der Waals surface area contributed by atoms with E-state index < -0.39 is 11.6 Å². The highest BCUT2D eigenvalue weighted by Gasteiger charge is 2.68. The number of hydrogen-bond acceptors (Lipinski definition) is 4. The number of hydrogen-bond donors (Lipinski definition) is 1. The molecule has 0 bridgehead atoms. The van der Waals surface area contributed by atoms with Crippen molar-refractivity contribution in [3.05, 3.63) is 10.4 Å². The molecule has 198 valence electrons. The Bertz CT molecular complexity index is 841. The summed E-state index contributed by atoms with van der Waals surface area (Å²) in [5.74, 6) is 3.57. The van der Waals surface area contributed by atoms with E-state index in [2.05, 4.69) is 44.6 Å². The second kappa shape index (κ2) is 9.89. The van der Waals surface area contributed by atoms with E-state index in [0.29, 0.717) is 36.0 Å². The number of esters is 1. The summed E-state index contributed by atoms with van der Waals surface area (Å²) in [6.07, 6.45) is 10.8. The fourth-order valence-corrected chi connectivity index (χ4v) is 9.90. The summed E-state index contributed by atoms with van der Waals surface area (Å²) in [7, 11) is 0. The first-order chi connectivity index (χ1) is 16.5. The van der Waals surface area contributed by atoms with Crippen LogP contribution in [0.5, 0.6) is 0 Å². The SMILES string of the molecule is CC(=O)O[C@H]1CC[C@]2(C)[C@H]3CC[C@]4(C)[C@@H](C(C)CCCC(C)C)CC[C@H]4[C@@H]3C[C@@H](O)[C@@]2(N=[N+]=[N-])C1. The molecule has 0 amide bonds. The maximum atomic E-state index is 11.7. The second-order valence-electron chi connectivity index (χ2n) is 13.7. The molecule has 0 aliphatic heterocycles. The van der Waals surface area contributed by atoms with Gasteiger partial charge >= 0.3 is 5.97 Å². The maximum absolute atomic E-state index is 11.7. The Hall–Kier alpha value is -1.26. The lowest BCUT2D eigenvalue weighted by Crippen LogP contribution is -2.67. The Morgan fingerprint density at radius 1 is 1.11 bits per heavy atom.